The minimum atomic E-state index is -2.71. The molecule has 6 aromatic heterocycles. The first-order valence-corrected chi connectivity index (χ1v) is 26.7. The maximum Gasteiger partial charge on any atom is 0.256 e. The number of amides is 2. The molecule has 8 aromatic rings. The number of ether oxygens (including phenoxy) is 2. The molecule has 4 bridgehead atoms. The summed E-state index contributed by atoms with van der Waals surface area (Å²) < 4.78 is 77.1. The zero-order valence-electron chi connectivity index (χ0n) is 42.2. The third kappa shape index (κ3) is 7.78. The summed E-state index contributed by atoms with van der Waals surface area (Å²) in [6, 6.07) is 16.1. The number of rotatable bonds is 16. The Balaban J connectivity index is 0.774. The normalized spacial score (nSPS) is 23.1. The molecular weight excluding hydrogens is 981 g/mol. The topological polar surface area (TPSA) is 168 Å². The lowest BCUT2D eigenvalue weighted by atomic mass is 10.1. The molecule has 394 valence electrons. The van der Waals surface area contributed by atoms with E-state index >= 15 is 0 Å². The fraction of sp³-hybridized carbons (Fsp3) is 0.464. The average Bonchev–Trinajstić information content (AvgIpc) is 4.02. The molecule has 0 radical (unpaired) electrons. The molecule has 8 heterocycles. The van der Waals surface area contributed by atoms with Gasteiger partial charge in [-0.25, -0.2) is 37.5 Å². The number of pyridine rings is 2. The first-order chi connectivity index (χ1) is 36.9. The van der Waals surface area contributed by atoms with Crippen molar-refractivity contribution in [2.45, 2.75) is 115 Å². The smallest absolute Gasteiger partial charge is 0.256 e. The molecule has 2 aromatic carbocycles. The number of piperidine rings is 2. The molecule has 14 rings (SSSR count). The molecule has 2 saturated heterocycles. The highest BCUT2D eigenvalue weighted by Gasteiger charge is 2.50. The van der Waals surface area contributed by atoms with Crippen LogP contribution >= 0.6 is 0 Å². The molecule has 4 saturated carbocycles. The van der Waals surface area contributed by atoms with Crippen LogP contribution in [-0.2, 0) is 26.2 Å². The maximum absolute atomic E-state index is 14.8. The molecule has 6 fully saturated rings. The van der Waals surface area contributed by atoms with Gasteiger partial charge >= 0.3 is 0 Å². The number of likely N-dealkylation sites (tertiary alicyclic amines) is 2. The Morgan fingerprint density at radius 3 is 1.74 bits per heavy atom. The highest BCUT2D eigenvalue weighted by molar-refractivity contribution is 6.02. The van der Waals surface area contributed by atoms with E-state index in [0.29, 0.717) is 99.9 Å². The number of methoxy groups -OCH3 is 2. The summed E-state index contributed by atoms with van der Waals surface area (Å²) in [5, 5.41) is 5.44. The Labute approximate surface area is 434 Å². The monoisotopic (exact) mass is 1040 g/mol. The number of benzene rings is 2. The summed E-state index contributed by atoms with van der Waals surface area (Å²) in [4.78, 5) is 52.3. The lowest BCUT2D eigenvalue weighted by molar-refractivity contribution is 0.0693. The van der Waals surface area contributed by atoms with Crippen molar-refractivity contribution in [1.29, 1.82) is 0 Å². The van der Waals surface area contributed by atoms with Crippen LogP contribution in [0.1, 0.15) is 72.1 Å². The van der Waals surface area contributed by atoms with Crippen LogP contribution in [0.15, 0.2) is 67.0 Å². The number of carbonyl (C=O) groups excluding carboxylic acids is 2. The van der Waals surface area contributed by atoms with Crippen LogP contribution in [0.2, 0.25) is 0 Å². The van der Waals surface area contributed by atoms with Gasteiger partial charge in [-0.3, -0.25) is 9.59 Å². The number of anilines is 1. The molecule has 4 aliphatic carbocycles. The number of nitrogens with zero attached hydrogens (tertiary/aromatic N) is 10. The highest BCUT2D eigenvalue weighted by atomic mass is 19.3. The molecule has 6 aliphatic rings. The second-order valence-corrected chi connectivity index (χ2v) is 22.2. The van der Waals surface area contributed by atoms with Crippen molar-refractivity contribution < 1.29 is 36.6 Å². The van der Waals surface area contributed by atoms with Gasteiger partial charge in [-0.2, -0.15) is 0 Å². The molecule has 20 heteroatoms. The summed E-state index contributed by atoms with van der Waals surface area (Å²) in [6.45, 7) is 1.18. The number of nitrogens with one attached hydrogen (secondary N) is 1. The number of nitrogens with two attached hydrogens (primary N) is 1. The van der Waals surface area contributed by atoms with Gasteiger partial charge in [0.25, 0.3) is 24.7 Å². The van der Waals surface area contributed by atoms with Crippen LogP contribution in [0.4, 0.5) is 23.2 Å². The van der Waals surface area contributed by atoms with E-state index in [1.165, 1.54) is 23.4 Å². The molecule has 2 aliphatic heterocycles. The molecule has 6 atom stereocenters. The lowest BCUT2D eigenvalue weighted by Crippen LogP contribution is -2.41. The van der Waals surface area contributed by atoms with Crippen molar-refractivity contribution >= 4 is 61.6 Å². The first kappa shape index (κ1) is 47.2. The van der Waals surface area contributed by atoms with Gasteiger partial charge in [0, 0.05) is 66.4 Å². The molecule has 3 N–H and O–H groups in total. The number of alkyl halides is 4. The Bertz CT molecular complexity index is 3650. The summed E-state index contributed by atoms with van der Waals surface area (Å²) in [5.74, 6) is 2.18. The highest BCUT2D eigenvalue weighted by Crippen LogP contribution is 2.45. The fourth-order valence-electron chi connectivity index (χ4n) is 13.5. The Kier molecular flexibility index (Phi) is 11.2. The molecule has 0 spiro atoms. The van der Waals surface area contributed by atoms with E-state index < -0.39 is 25.9 Å². The minimum absolute atomic E-state index is 0.0375. The van der Waals surface area contributed by atoms with Crippen LogP contribution in [0.25, 0.3) is 67.2 Å². The predicted molar refractivity (Wildman–Crippen MR) is 278 cm³/mol. The number of hydrogen-bond donors (Lipinski definition) is 2. The van der Waals surface area contributed by atoms with E-state index in [1.54, 1.807) is 36.7 Å². The summed E-state index contributed by atoms with van der Waals surface area (Å²) in [5.41, 5.74) is 12.3. The Morgan fingerprint density at radius 1 is 0.658 bits per heavy atom. The third-order valence-electron chi connectivity index (χ3n) is 17.4. The number of hydrogen-bond acceptors (Lipinski definition) is 10. The predicted octanol–water partition coefficient (Wildman–Crippen LogP) is 9.06. The average molecular weight is 1040 g/mol. The summed E-state index contributed by atoms with van der Waals surface area (Å²) in [7, 11) is 2.95. The van der Waals surface area contributed by atoms with Gasteiger partial charge in [0.2, 0.25) is 0 Å². The van der Waals surface area contributed by atoms with Gasteiger partial charge in [-0.05, 0) is 130 Å². The van der Waals surface area contributed by atoms with Crippen molar-refractivity contribution in [3.63, 3.8) is 0 Å². The molecule has 16 nitrogen and oxygen atoms in total. The SMILES string of the molecule is COc1cc(C(=O)N2C[C@H]3CC[C@@H]2[C@@H]3N)cc2nc(-c3cc4cc(N[C@@H]5[C@@H]6CC[C@H]5N(C(=O)c5cc(OC)c7c(c5)nc(-c5cc8cccnc8n5CC5CC5)n7CC(F)F)C6)cnc4n3CC3CC3)n(CC(F)F)c12. The fourth-order valence-corrected chi connectivity index (χ4v) is 13.5. The molecular formula is C56H58F4N12O4. The van der Waals surface area contributed by atoms with E-state index in [0.717, 1.165) is 73.5 Å². The zero-order chi connectivity index (χ0) is 51.8. The van der Waals surface area contributed by atoms with Crippen LogP contribution in [0.5, 0.6) is 11.5 Å². The van der Waals surface area contributed by atoms with Crippen LogP contribution in [0, 0.1) is 23.7 Å². The van der Waals surface area contributed by atoms with E-state index in [2.05, 4.69) is 19.4 Å². The Hall–Kier alpha value is -7.22. The lowest BCUT2D eigenvalue weighted by Gasteiger charge is -2.28. The number of carbonyl (C=O) groups is 2. The van der Waals surface area contributed by atoms with Crippen LogP contribution in [0.3, 0.4) is 0 Å². The minimum Gasteiger partial charge on any atom is -0.494 e. The first-order valence-electron chi connectivity index (χ1n) is 26.7. The number of imidazole rings is 2. The van der Waals surface area contributed by atoms with Crippen molar-refractivity contribution in [2.75, 3.05) is 32.6 Å². The van der Waals surface area contributed by atoms with Crippen molar-refractivity contribution in [3.05, 3.63) is 78.1 Å². The van der Waals surface area contributed by atoms with Crippen LogP contribution in [-0.4, -0.2) is 124 Å². The zero-order valence-corrected chi connectivity index (χ0v) is 42.2. The van der Waals surface area contributed by atoms with Crippen molar-refractivity contribution in [3.8, 4) is 34.5 Å². The molecule has 76 heavy (non-hydrogen) atoms. The summed E-state index contributed by atoms with van der Waals surface area (Å²) in [6.07, 6.45) is 5.96. The van der Waals surface area contributed by atoms with Crippen molar-refractivity contribution in [2.24, 2.45) is 29.4 Å². The van der Waals surface area contributed by atoms with Gasteiger partial charge in [-0.15, -0.1) is 0 Å². The van der Waals surface area contributed by atoms with Gasteiger partial charge in [-0.1, -0.05) is 0 Å². The molecule has 0 unspecified atom stereocenters. The number of halogens is 4. The number of fused-ring (bicyclic) bond motifs is 8. The van der Waals surface area contributed by atoms with E-state index in [1.807, 2.05) is 40.1 Å². The summed E-state index contributed by atoms with van der Waals surface area (Å²) >= 11 is 0. The number of aromatic nitrogens is 8. The van der Waals surface area contributed by atoms with E-state index in [-0.39, 0.29) is 59.3 Å². The van der Waals surface area contributed by atoms with Gasteiger partial charge in [0.05, 0.1) is 73.7 Å². The standard InChI is InChI=1S/C56H58F4N12O4/c1-75-43-19-34(55(73)69-24-31-9-11-39(69)47(31)61)15-37-50(43)72(27-46(59)60)54(66-37)42-18-33-14-36(21-63-52(33)68(42)23-29-7-8-29)64-48-32-10-12-40(48)70(25-32)56(74)35-16-38-49(44(20-35)76-2)71(26-45(57)58)53(65-38)41-17-30-4-3-13-62-51(30)67(41)22-28-5-6-28/h3-4,13-21,28-29,31-32,39-40,45-48,64H,5-12,22-27,61H2,1-2H3/t31-,32-,39-,40-,47-,48-/m1/s1. The van der Waals surface area contributed by atoms with Gasteiger partial charge in [0.15, 0.2) is 11.6 Å². The van der Waals surface area contributed by atoms with E-state index in [4.69, 9.17) is 30.2 Å². The Morgan fingerprint density at radius 2 is 1.20 bits per heavy atom. The van der Waals surface area contributed by atoms with Gasteiger partial charge in [0.1, 0.15) is 33.8 Å². The van der Waals surface area contributed by atoms with Crippen LogP contribution < -0.4 is 20.5 Å². The van der Waals surface area contributed by atoms with Crippen molar-refractivity contribution in [1.82, 2.24) is 48.0 Å². The maximum atomic E-state index is 14.8. The molecule has 2 amide bonds. The quantitative estimate of drug-likeness (QED) is 0.0891. The van der Waals surface area contributed by atoms with E-state index in [9.17, 15) is 27.2 Å². The largest absolute Gasteiger partial charge is 0.494 e. The second-order valence-electron chi connectivity index (χ2n) is 22.2. The van der Waals surface area contributed by atoms with Gasteiger partial charge < -0.3 is 48.6 Å². The second kappa shape index (κ2) is 17.9. The third-order valence-corrected chi connectivity index (χ3v) is 17.4.